The summed E-state index contributed by atoms with van der Waals surface area (Å²) < 4.78 is 6.37. The van der Waals surface area contributed by atoms with Crippen LogP contribution in [0.2, 0.25) is 0 Å². The standard InChI is InChI=1S/C21H28BrNO2/c1-21(2)13-15-10-20(25-3)17(22)11-16(15)18(23-21)12-19(24)14-8-6-4-5-7-9-14/h10-11,14H,4-9,12-13H2,1-3H3. The highest BCUT2D eigenvalue weighted by molar-refractivity contribution is 9.10. The average Bonchev–Trinajstić information content (AvgIpc) is 2.83. The maximum Gasteiger partial charge on any atom is 0.141 e. The van der Waals surface area contributed by atoms with E-state index in [9.17, 15) is 4.79 Å². The largest absolute Gasteiger partial charge is 0.496 e. The van der Waals surface area contributed by atoms with Gasteiger partial charge < -0.3 is 4.74 Å². The van der Waals surface area contributed by atoms with Gasteiger partial charge in [-0.2, -0.15) is 0 Å². The SMILES string of the molecule is COc1cc2c(cc1Br)C(CC(=O)C1CCCCCC1)=NC(C)(C)C2. The van der Waals surface area contributed by atoms with Crippen LogP contribution in [0.15, 0.2) is 21.6 Å². The highest BCUT2D eigenvalue weighted by Gasteiger charge is 2.30. The first-order valence-electron chi connectivity index (χ1n) is 9.38. The van der Waals surface area contributed by atoms with E-state index in [1.165, 1.54) is 31.2 Å². The van der Waals surface area contributed by atoms with E-state index in [0.29, 0.717) is 12.2 Å². The van der Waals surface area contributed by atoms with Gasteiger partial charge >= 0.3 is 0 Å². The molecular weight excluding hydrogens is 378 g/mol. The highest BCUT2D eigenvalue weighted by Crippen LogP contribution is 2.36. The Bertz CT molecular complexity index is 685. The Morgan fingerprint density at radius 2 is 1.92 bits per heavy atom. The van der Waals surface area contributed by atoms with Gasteiger partial charge in [0.05, 0.1) is 22.8 Å². The van der Waals surface area contributed by atoms with Crippen molar-refractivity contribution in [1.82, 2.24) is 0 Å². The summed E-state index contributed by atoms with van der Waals surface area (Å²) in [4.78, 5) is 17.9. The molecule has 2 aliphatic rings. The molecule has 3 nitrogen and oxygen atoms in total. The number of nitrogens with zero attached hydrogens (tertiary/aromatic N) is 1. The van der Waals surface area contributed by atoms with Crippen molar-refractivity contribution >= 4 is 27.4 Å². The van der Waals surface area contributed by atoms with E-state index >= 15 is 0 Å². The number of aliphatic imine (C=N–C) groups is 1. The molecule has 0 amide bonds. The Kier molecular flexibility index (Phi) is 5.67. The van der Waals surface area contributed by atoms with Crippen LogP contribution in [0.1, 0.15) is 69.9 Å². The average molecular weight is 406 g/mol. The van der Waals surface area contributed by atoms with Crippen LogP contribution in [0.4, 0.5) is 0 Å². The molecule has 0 N–H and O–H groups in total. The minimum absolute atomic E-state index is 0.176. The Morgan fingerprint density at radius 3 is 2.56 bits per heavy atom. The van der Waals surface area contributed by atoms with Crippen molar-refractivity contribution in [2.45, 2.75) is 70.8 Å². The lowest BCUT2D eigenvalue weighted by Gasteiger charge is -2.30. The smallest absolute Gasteiger partial charge is 0.141 e. The van der Waals surface area contributed by atoms with Crippen LogP contribution < -0.4 is 4.74 Å². The quantitative estimate of drug-likeness (QED) is 0.619. The molecule has 0 atom stereocenters. The molecular formula is C21H28BrNO2. The second kappa shape index (κ2) is 7.61. The van der Waals surface area contributed by atoms with Crippen LogP contribution in [0.5, 0.6) is 5.75 Å². The molecule has 0 saturated heterocycles. The van der Waals surface area contributed by atoms with Gasteiger partial charge in [0.2, 0.25) is 0 Å². The molecule has 0 unspecified atom stereocenters. The molecule has 1 saturated carbocycles. The number of ketones is 1. The van der Waals surface area contributed by atoms with Crippen molar-refractivity contribution in [1.29, 1.82) is 0 Å². The number of methoxy groups -OCH3 is 1. The van der Waals surface area contributed by atoms with Crippen LogP contribution in [-0.4, -0.2) is 24.1 Å². The molecule has 1 aliphatic heterocycles. The third kappa shape index (κ3) is 4.33. The maximum atomic E-state index is 12.9. The van der Waals surface area contributed by atoms with Gasteiger partial charge in [0.15, 0.2) is 0 Å². The number of hydrogen-bond donors (Lipinski definition) is 0. The van der Waals surface area contributed by atoms with E-state index in [1.807, 2.05) is 0 Å². The number of hydrogen-bond acceptors (Lipinski definition) is 3. The number of fused-ring (bicyclic) bond motifs is 1. The summed E-state index contributed by atoms with van der Waals surface area (Å²) in [5.74, 6) is 1.43. The summed E-state index contributed by atoms with van der Waals surface area (Å²) in [6, 6.07) is 4.16. The number of benzene rings is 1. The topological polar surface area (TPSA) is 38.7 Å². The Labute approximate surface area is 159 Å². The molecule has 25 heavy (non-hydrogen) atoms. The summed E-state index contributed by atoms with van der Waals surface area (Å²) in [7, 11) is 1.69. The van der Waals surface area contributed by atoms with Crippen LogP contribution in [0, 0.1) is 5.92 Å². The normalized spacial score (nSPS) is 20.4. The minimum atomic E-state index is -0.176. The summed E-state index contributed by atoms with van der Waals surface area (Å²) >= 11 is 3.58. The Hall–Kier alpha value is -1.16. The van der Waals surface area contributed by atoms with E-state index in [4.69, 9.17) is 9.73 Å². The predicted molar refractivity (Wildman–Crippen MR) is 106 cm³/mol. The second-order valence-electron chi connectivity index (χ2n) is 8.02. The zero-order valence-electron chi connectivity index (χ0n) is 15.5. The minimum Gasteiger partial charge on any atom is -0.496 e. The van der Waals surface area contributed by atoms with E-state index in [2.05, 4.69) is 41.9 Å². The van der Waals surface area contributed by atoms with Crippen LogP contribution in [0.25, 0.3) is 0 Å². The van der Waals surface area contributed by atoms with Gasteiger partial charge in [-0.3, -0.25) is 9.79 Å². The second-order valence-corrected chi connectivity index (χ2v) is 8.88. The fraction of sp³-hybridized carbons (Fsp3) is 0.619. The van der Waals surface area contributed by atoms with Gasteiger partial charge in [0.1, 0.15) is 11.5 Å². The third-order valence-corrected chi connectivity index (χ3v) is 6.02. The summed E-state index contributed by atoms with van der Waals surface area (Å²) in [5.41, 5.74) is 3.10. The Balaban J connectivity index is 1.88. The molecule has 3 rings (SSSR count). The molecule has 0 bridgehead atoms. The van der Waals surface area contributed by atoms with Gasteiger partial charge in [-0.05, 0) is 66.7 Å². The van der Waals surface area contributed by atoms with Crippen molar-refractivity contribution < 1.29 is 9.53 Å². The predicted octanol–water partition coefficient (Wildman–Crippen LogP) is 5.51. The van der Waals surface area contributed by atoms with Gasteiger partial charge in [0.25, 0.3) is 0 Å². The zero-order chi connectivity index (χ0) is 18.0. The fourth-order valence-electron chi connectivity index (χ4n) is 4.14. The van der Waals surface area contributed by atoms with E-state index < -0.39 is 0 Å². The van der Waals surface area contributed by atoms with E-state index in [-0.39, 0.29) is 11.5 Å². The van der Waals surface area contributed by atoms with Crippen LogP contribution >= 0.6 is 15.9 Å². The molecule has 1 aromatic carbocycles. The zero-order valence-corrected chi connectivity index (χ0v) is 17.1. The van der Waals surface area contributed by atoms with Gasteiger partial charge in [-0.1, -0.05) is 25.7 Å². The molecule has 1 heterocycles. The number of carbonyl (C=O) groups excluding carboxylic acids is 1. The first kappa shape index (κ1) is 18.6. The monoisotopic (exact) mass is 405 g/mol. The van der Waals surface area contributed by atoms with Crippen LogP contribution in [0.3, 0.4) is 0 Å². The maximum absolute atomic E-state index is 12.9. The first-order chi connectivity index (χ1) is 11.9. The van der Waals surface area contributed by atoms with Gasteiger partial charge in [-0.25, -0.2) is 0 Å². The first-order valence-corrected chi connectivity index (χ1v) is 10.2. The van der Waals surface area contributed by atoms with Crippen molar-refractivity contribution in [3.8, 4) is 5.75 Å². The lowest BCUT2D eigenvalue weighted by atomic mass is 9.83. The Morgan fingerprint density at radius 1 is 1.24 bits per heavy atom. The third-order valence-electron chi connectivity index (χ3n) is 5.40. The van der Waals surface area contributed by atoms with Crippen LogP contribution in [-0.2, 0) is 11.2 Å². The van der Waals surface area contributed by atoms with Gasteiger partial charge in [-0.15, -0.1) is 0 Å². The summed E-state index contributed by atoms with van der Waals surface area (Å²) in [6.07, 6.45) is 8.35. The fourth-order valence-corrected chi connectivity index (χ4v) is 4.65. The van der Waals surface area contributed by atoms with E-state index in [0.717, 1.165) is 40.8 Å². The molecule has 1 aromatic rings. The molecule has 1 fully saturated rings. The molecule has 4 heteroatoms. The highest BCUT2D eigenvalue weighted by atomic mass is 79.9. The molecule has 1 aliphatic carbocycles. The number of Topliss-reactive ketones (excluding diaryl/α,β-unsaturated/α-hetero) is 1. The molecule has 0 radical (unpaired) electrons. The number of rotatable bonds is 4. The van der Waals surface area contributed by atoms with Crippen molar-refractivity contribution in [2.75, 3.05) is 7.11 Å². The summed E-state index contributed by atoms with van der Waals surface area (Å²) in [5, 5.41) is 0. The van der Waals surface area contributed by atoms with E-state index in [1.54, 1.807) is 7.11 Å². The lowest BCUT2D eigenvalue weighted by Crippen LogP contribution is -2.31. The summed E-state index contributed by atoms with van der Waals surface area (Å²) in [6.45, 7) is 4.28. The van der Waals surface area contributed by atoms with Gasteiger partial charge in [0, 0.05) is 17.9 Å². The number of halogens is 1. The number of ether oxygens (including phenoxy) is 1. The molecule has 0 aromatic heterocycles. The van der Waals surface area contributed by atoms with Crippen molar-refractivity contribution in [2.24, 2.45) is 10.9 Å². The molecule has 0 spiro atoms. The number of carbonyl (C=O) groups is 1. The molecule has 136 valence electrons. The lowest BCUT2D eigenvalue weighted by molar-refractivity contribution is -0.122. The van der Waals surface area contributed by atoms with Crippen molar-refractivity contribution in [3.63, 3.8) is 0 Å². The van der Waals surface area contributed by atoms with Crippen molar-refractivity contribution in [3.05, 3.63) is 27.7 Å².